The largest absolute Gasteiger partial charge is 0.495 e. The molecule has 0 aliphatic rings. The van der Waals surface area contributed by atoms with Crippen LogP contribution in [0.15, 0.2) is 53.6 Å². The van der Waals surface area contributed by atoms with Crippen molar-refractivity contribution in [2.75, 3.05) is 19.0 Å². The smallest absolute Gasteiger partial charge is 0.240 e. The second-order valence-electron chi connectivity index (χ2n) is 5.96. The summed E-state index contributed by atoms with van der Waals surface area (Å²) in [5.41, 5.74) is 3.82. The molecule has 0 heterocycles. The number of amides is 2. The van der Waals surface area contributed by atoms with Gasteiger partial charge in [0.2, 0.25) is 11.8 Å². The zero-order valence-electron chi connectivity index (χ0n) is 16.1. The van der Waals surface area contributed by atoms with Gasteiger partial charge in [-0.25, -0.2) is 5.43 Å². The average molecular weight is 383 g/mol. The Bertz CT molecular complexity index is 804. The third-order valence-corrected chi connectivity index (χ3v) is 3.72. The number of ether oxygens (including phenoxy) is 2. The van der Waals surface area contributed by atoms with Crippen LogP contribution >= 0.6 is 0 Å². The van der Waals surface area contributed by atoms with Gasteiger partial charge in [-0.15, -0.1) is 0 Å². The number of nitrogens with zero attached hydrogens (tertiary/aromatic N) is 1. The summed E-state index contributed by atoms with van der Waals surface area (Å²) >= 11 is 0. The SMILES string of the molecule is CCCOc1ccc(C=NNC(=O)CCC(=O)Nc2ccccc2OC)cc1. The number of methoxy groups -OCH3 is 1. The Labute approximate surface area is 164 Å². The number of carbonyl (C=O) groups is 2. The first kappa shape index (κ1) is 21.0. The van der Waals surface area contributed by atoms with Crippen LogP contribution in [0.5, 0.6) is 11.5 Å². The lowest BCUT2D eigenvalue weighted by Crippen LogP contribution is -2.20. The lowest BCUT2D eigenvalue weighted by atomic mass is 10.2. The van der Waals surface area contributed by atoms with Crippen LogP contribution in [0.25, 0.3) is 0 Å². The molecular formula is C21H25N3O4. The van der Waals surface area contributed by atoms with Crippen LogP contribution in [-0.2, 0) is 9.59 Å². The zero-order valence-corrected chi connectivity index (χ0v) is 16.1. The molecule has 0 radical (unpaired) electrons. The second-order valence-corrected chi connectivity index (χ2v) is 5.96. The quantitative estimate of drug-likeness (QED) is 0.486. The first-order valence-corrected chi connectivity index (χ1v) is 9.10. The van der Waals surface area contributed by atoms with Gasteiger partial charge >= 0.3 is 0 Å². The Kier molecular flexibility index (Phi) is 8.52. The number of hydrogen-bond donors (Lipinski definition) is 2. The standard InChI is InChI=1S/C21H25N3O4/c1-3-14-28-17-10-8-16(9-11-17)15-22-24-21(26)13-12-20(25)23-18-6-4-5-7-19(18)27-2/h4-11,15H,3,12-14H2,1-2H3,(H,23,25)(H,24,26). The fourth-order valence-corrected chi connectivity index (χ4v) is 2.29. The normalized spacial score (nSPS) is 10.5. The van der Waals surface area contributed by atoms with Crippen LogP contribution in [-0.4, -0.2) is 31.7 Å². The second kappa shape index (κ2) is 11.4. The van der Waals surface area contributed by atoms with Gasteiger partial charge in [-0.05, 0) is 48.4 Å². The van der Waals surface area contributed by atoms with E-state index in [1.165, 1.54) is 13.3 Å². The molecule has 28 heavy (non-hydrogen) atoms. The summed E-state index contributed by atoms with van der Waals surface area (Å²) in [6.45, 7) is 2.72. The summed E-state index contributed by atoms with van der Waals surface area (Å²) < 4.78 is 10.7. The highest BCUT2D eigenvalue weighted by Crippen LogP contribution is 2.23. The number of carbonyl (C=O) groups excluding carboxylic acids is 2. The molecule has 0 bridgehead atoms. The van der Waals surface area contributed by atoms with Gasteiger partial charge in [-0.2, -0.15) is 5.10 Å². The fourth-order valence-electron chi connectivity index (χ4n) is 2.29. The van der Waals surface area contributed by atoms with Crippen molar-refractivity contribution in [2.24, 2.45) is 5.10 Å². The van der Waals surface area contributed by atoms with Gasteiger partial charge in [0.15, 0.2) is 0 Å². The van der Waals surface area contributed by atoms with Crippen molar-refractivity contribution < 1.29 is 19.1 Å². The molecule has 0 aliphatic heterocycles. The van der Waals surface area contributed by atoms with Crippen molar-refractivity contribution in [2.45, 2.75) is 26.2 Å². The van der Waals surface area contributed by atoms with Crippen molar-refractivity contribution in [3.63, 3.8) is 0 Å². The number of anilines is 1. The van der Waals surface area contributed by atoms with Crippen molar-refractivity contribution in [3.8, 4) is 11.5 Å². The van der Waals surface area contributed by atoms with E-state index in [9.17, 15) is 9.59 Å². The van der Waals surface area contributed by atoms with Crippen LogP contribution in [0.1, 0.15) is 31.7 Å². The van der Waals surface area contributed by atoms with Gasteiger partial charge in [0.25, 0.3) is 0 Å². The van der Waals surface area contributed by atoms with Crippen LogP contribution in [0, 0.1) is 0 Å². The number of rotatable bonds is 10. The summed E-state index contributed by atoms with van der Waals surface area (Å²) in [7, 11) is 1.53. The highest BCUT2D eigenvalue weighted by Gasteiger charge is 2.09. The Morgan fingerprint density at radius 3 is 2.46 bits per heavy atom. The Balaban J connectivity index is 1.73. The molecule has 0 aromatic heterocycles. The van der Waals surface area contributed by atoms with E-state index in [0.29, 0.717) is 18.0 Å². The highest BCUT2D eigenvalue weighted by atomic mass is 16.5. The Morgan fingerprint density at radius 1 is 1.04 bits per heavy atom. The minimum Gasteiger partial charge on any atom is -0.495 e. The summed E-state index contributed by atoms with van der Waals surface area (Å²) in [5.74, 6) is 0.751. The van der Waals surface area contributed by atoms with Crippen molar-refractivity contribution >= 4 is 23.7 Å². The van der Waals surface area contributed by atoms with E-state index in [4.69, 9.17) is 9.47 Å². The monoisotopic (exact) mass is 383 g/mol. The van der Waals surface area contributed by atoms with Crippen LogP contribution in [0.2, 0.25) is 0 Å². The maximum absolute atomic E-state index is 12.0. The molecule has 0 saturated carbocycles. The van der Waals surface area contributed by atoms with Crippen molar-refractivity contribution in [3.05, 3.63) is 54.1 Å². The third-order valence-electron chi connectivity index (χ3n) is 3.72. The van der Waals surface area contributed by atoms with Crippen LogP contribution in [0.4, 0.5) is 5.69 Å². The molecule has 2 N–H and O–H groups in total. The third kappa shape index (κ3) is 7.11. The molecule has 148 valence electrons. The minimum absolute atomic E-state index is 0.0299. The maximum Gasteiger partial charge on any atom is 0.240 e. The molecule has 7 heteroatoms. The molecular weight excluding hydrogens is 358 g/mol. The number of nitrogens with one attached hydrogen (secondary N) is 2. The molecule has 7 nitrogen and oxygen atoms in total. The molecule has 2 amide bonds. The molecule has 2 aromatic rings. The van der Waals surface area contributed by atoms with Crippen LogP contribution < -0.4 is 20.2 Å². The van der Waals surface area contributed by atoms with Gasteiger partial charge in [0.1, 0.15) is 11.5 Å². The van der Waals surface area contributed by atoms with E-state index in [1.807, 2.05) is 37.3 Å². The van der Waals surface area contributed by atoms with E-state index >= 15 is 0 Å². The molecule has 0 atom stereocenters. The molecule has 0 fully saturated rings. The Morgan fingerprint density at radius 2 is 1.75 bits per heavy atom. The van der Waals surface area contributed by atoms with E-state index in [0.717, 1.165) is 17.7 Å². The lowest BCUT2D eigenvalue weighted by Gasteiger charge is -2.09. The molecule has 2 rings (SSSR count). The van der Waals surface area contributed by atoms with Crippen molar-refractivity contribution in [1.29, 1.82) is 0 Å². The first-order chi connectivity index (χ1) is 13.6. The lowest BCUT2D eigenvalue weighted by molar-refractivity contribution is -0.124. The number of hydrazone groups is 1. The Hall–Kier alpha value is -3.35. The van der Waals surface area contributed by atoms with E-state index in [2.05, 4.69) is 15.8 Å². The first-order valence-electron chi connectivity index (χ1n) is 9.10. The zero-order chi connectivity index (χ0) is 20.2. The van der Waals surface area contributed by atoms with Crippen LogP contribution in [0.3, 0.4) is 0 Å². The predicted octanol–water partition coefficient (Wildman–Crippen LogP) is 3.35. The summed E-state index contributed by atoms with van der Waals surface area (Å²) in [6.07, 6.45) is 2.56. The summed E-state index contributed by atoms with van der Waals surface area (Å²) in [5, 5.41) is 6.63. The van der Waals surface area contributed by atoms with Gasteiger partial charge in [0.05, 0.1) is 25.6 Å². The van der Waals surface area contributed by atoms with E-state index in [1.54, 1.807) is 18.2 Å². The average Bonchev–Trinajstić information content (AvgIpc) is 2.72. The van der Waals surface area contributed by atoms with Gasteiger partial charge < -0.3 is 14.8 Å². The van der Waals surface area contributed by atoms with E-state index in [-0.39, 0.29) is 24.7 Å². The minimum atomic E-state index is -0.339. The number of para-hydroxylation sites is 2. The maximum atomic E-state index is 12.0. The molecule has 0 aliphatic carbocycles. The molecule has 0 unspecified atom stereocenters. The van der Waals surface area contributed by atoms with Crippen molar-refractivity contribution in [1.82, 2.24) is 5.43 Å². The molecule has 0 spiro atoms. The summed E-state index contributed by atoms with van der Waals surface area (Å²) in [4.78, 5) is 23.8. The van der Waals surface area contributed by atoms with E-state index < -0.39 is 0 Å². The molecule has 0 saturated heterocycles. The number of hydrogen-bond acceptors (Lipinski definition) is 5. The van der Waals surface area contributed by atoms with Gasteiger partial charge in [-0.1, -0.05) is 19.1 Å². The highest BCUT2D eigenvalue weighted by molar-refractivity contribution is 5.94. The fraction of sp³-hybridized carbons (Fsp3) is 0.286. The van der Waals surface area contributed by atoms with Gasteiger partial charge in [0, 0.05) is 12.8 Å². The number of benzene rings is 2. The topological polar surface area (TPSA) is 89.0 Å². The predicted molar refractivity (Wildman–Crippen MR) is 109 cm³/mol. The summed E-state index contributed by atoms with van der Waals surface area (Å²) in [6, 6.07) is 14.5. The van der Waals surface area contributed by atoms with Gasteiger partial charge in [-0.3, -0.25) is 9.59 Å². The molecule has 2 aromatic carbocycles.